The van der Waals surface area contributed by atoms with Crippen LogP contribution in [0.4, 0.5) is 0 Å². The maximum atomic E-state index is 8.74. The van der Waals surface area contributed by atoms with Crippen LogP contribution < -0.4 is 0 Å². The zero-order valence-electron chi connectivity index (χ0n) is 2.30. The van der Waals surface area contributed by atoms with E-state index in [1.165, 1.54) is 0 Å². The third-order valence-electron chi connectivity index (χ3n) is 0. The first-order chi connectivity index (χ1) is 1.73. The van der Waals surface area contributed by atoms with Gasteiger partial charge in [0, 0.05) is 26.2 Å². The van der Waals surface area contributed by atoms with E-state index >= 15 is 0 Å². The van der Waals surface area contributed by atoms with Gasteiger partial charge in [0.25, 0.3) is 0 Å². The fraction of sp³-hybridized carbons (Fsp3) is 0. The van der Waals surface area contributed by atoms with Crippen molar-refractivity contribution in [3.8, 4) is 0 Å². The Bertz CT molecular complexity index is 33.8. The van der Waals surface area contributed by atoms with Crippen molar-refractivity contribution in [3.63, 3.8) is 0 Å². The summed E-state index contributed by atoms with van der Waals surface area (Å²) >= 11 is 0. The standard InChI is InChI=1S/Al.H2O3Si.Zr.3H/c;1-4(2)3;;;;/h;1-2H;;;;. The molecule has 0 heterocycles. The summed E-state index contributed by atoms with van der Waals surface area (Å²) in [7, 11) is -3.13. The van der Waals surface area contributed by atoms with Gasteiger partial charge in [0.1, 0.15) is 0 Å². The Balaban J connectivity index is -0.0000000450. The predicted octanol–water partition coefficient (Wildman–Crippen LogP) is -2.80. The van der Waals surface area contributed by atoms with Gasteiger partial charge in [0.15, 0.2) is 17.4 Å². The second-order valence-electron chi connectivity index (χ2n) is 0.283. The van der Waals surface area contributed by atoms with Crippen molar-refractivity contribution < 1.29 is 40.3 Å². The molecule has 0 aliphatic heterocycles. The summed E-state index contributed by atoms with van der Waals surface area (Å²) in [6.07, 6.45) is 0. The van der Waals surface area contributed by atoms with Crippen molar-refractivity contribution in [2.45, 2.75) is 0 Å². The molecule has 0 fully saturated rings. The van der Waals surface area contributed by atoms with Gasteiger partial charge in [0.2, 0.25) is 0 Å². The molecule has 0 aromatic rings. The zero-order chi connectivity index (χ0) is 3.58. The molecular formula is H5AlO3SiZr. The van der Waals surface area contributed by atoms with Crippen molar-refractivity contribution in [2.75, 3.05) is 0 Å². The van der Waals surface area contributed by atoms with Gasteiger partial charge < -0.3 is 9.59 Å². The van der Waals surface area contributed by atoms with Crippen molar-refractivity contribution in [1.82, 2.24) is 0 Å². The number of rotatable bonds is 0. The van der Waals surface area contributed by atoms with Crippen molar-refractivity contribution >= 4 is 26.5 Å². The molecule has 0 aliphatic rings. The summed E-state index contributed by atoms with van der Waals surface area (Å²) in [5.74, 6) is 0. The van der Waals surface area contributed by atoms with Crippen LogP contribution in [0.3, 0.4) is 0 Å². The Labute approximate surface area is 66.5 Å². The van der Waals surface area contributed by atoms with Crippen molar-refractivity contribution in [2.24, 2.45) is 0 Å². The molecule has 0 aromatic heterocycles. The quantitative estimate of drug-likeness (QED) is 0.414. The maximum Gasteiger partial charge on any atom is 0.761 e. The van der Waals surface area contributed by atoms with E-state index < -0.39 is 9.17 Å². The molecule has 0 bridgehead atoms. The first kappa shape index (κ1) is 15.7. The van der Waals surface area contributed by atoms with Gasteiger partial charge in [-0.05, 0) is 0 Å². The van der Waals surface area contributed by atoms with E-state index in [1.54, 1.807) is 0 Å². The summed E-state index contributed by atoms with van der Waals surface area (Å²) in [4.78, 5) is 14.3. The number of hydrogen-bond donors (Lipinski definition) is 2. The molecular weight excluding hydrogens is 194 g/mol. The van der Waals surface area contributed by atoms with Gasteiger partial charge in [-0.1, -0.05) is 0 Å². The molecule has 0 rings (SSSR count). The molecule has 2 N–H and O–H groups in total. The number of hydrogen-bond acceptors (Lipinski definition) is 1. The van der Waals surface area contributed by atoms with Crippen LogP contribution in [0.25, 0.3) is 0 Å². The topological polar surface area (TPSA) is 57.5 Å². The summed E-state index contributed by atoms with van der Waals surface area (Å²) < 4.78 is 8.74. The molecule has 0 radical (unpaired) electrons. The summed E-state index contributed by atoms with van der Waals surface area (Å²) in [6.45, 7) is 0. The van der Waals surface area contributed by atoms with Crippen LogP contribution in [0.2, 0.25) is 0 Å². The average molecular weight is 199 g/mol. The third-order valence-corrected chi connectivity index (χ3v) is 0. The summed E-state index contributed by atoms with van der Waals surface area (Å²) in [6, 6.07) is 0. The van der Waals surface area contributed by atoms with Crippen LogP contribution in [-0.2, 0) is 30.7 Å². The second kappa shape index (κ2) is 9.40. The van der Waals surface area contributed by atoms with Gasteiger partial charge in [-0.25, -0.2) is 0 Å². The Kier molecular flexibility index (Phi) is 24.6. The van der Waals surface area contributed by atoms with E-state index in [4.69, 9.17) is 14.1 Å². The van der Waals surface area contributed by atoms with Gasteiger partial charge >= 0.3 is 9.17 Å². The average Bonchev–Trinajstić information content (AvgIpc) is 0.811. The Morgan fingerprint density at radius 1 is 1.33 bits per heavy atom. The first-order valence-electron chi connectivity index (χ1n) is 0.651. The molecule has 0 spiro atoms. The SMILES string of the molecule is O=[Si](O)O.[AlH3].[Zr]. The van der Waals surface area contributed by atoms with Crippen LogP contribution in [-0.4, -0.2) is 36.1 Å². The molecule has 34 valence electrons. The van der Waals surface area contributed by atoms with Crippen LogP contribution in [0.15, 0.2) is 0 Å². The largest absolute Gasteiger partial charge is 0.761 e. The maximum absolute atomic E-state index is 8.74. The minimum atomic E-state index is -3.13. The van der Waals surface area contributed by atoms with Crippen LogP contribution in [0.5, 0.6) is 0 Å². The fourth-order valence-corrected chi connectivity index (χ4v) is 0. The van der Waals surface area contributed by atoms with E-state index in [2.05, 4.69) is 0 Å². The Morgan fingerprint density at radius 2 is 1.33 bits per heavy atom. The molecule has 0 saturated heterocycles. The normalized spacial score (nSPS) is 4.00. The molecule has 6 heteroatoms. The molecule has 0 aliphatic carbocycles. The third kappa shape index (κ3) is 76.8. The second-order valence-corrected chi connectivity index (χ2v) is 0.848. The summed E-state index contributed by atoms with van der Waals surface area (Å²) in [5, 5.41) is 0. The van der Waals surface area contributed by atoms with E-state index in [0.717, 1.165) is 0 Å². The minimum absolute atomic E-state index is 0. The molecule has 3 nitrogen and oxygen atoms in total. The van der Waals surface area contributed by atoms with Crippen LogP contribution >= 0.6 is 0 Å². The van der Waals surface area contributed by atoms with Gasteiger partial charge in [0.05, 0.1) is 0 Å². The molecule has 0 unspecified atom stereocenters. The van der Waals surface area contributed by atoms with Gasteiger partial charge in [-0.15, -0.1) is 0 Å². The van der Waals surface area contributed by atoms with Crippen molar-refractivity contribution in [3.05, 3.63) is 0 Å². The molecule has 0 aromatic carbocycles. The van der Waals surface area contributed by atoms with E-state index in [9.17, 15) is 0 Å². The minimum Gasteiger partial charge on any atom is -0.511 e. The fourth-order valence-electron chi connectivity index (χ4n) is 0. The van der Waals surface area contributed by atoms with Gasteiger partial charge in [-0.3, -0.25) is 4.46 Å². The summed E-state index contributed by atoms with van der Waals surface area (Å²) in [5.41, 5.74) is 0. The Morgan fingerprint density at radius 3 is 1.33 bits per heavy atom. The van der Waals surface area contributed by atoms with E-state index in [-0.39, 0.29) is 43.6 Å². The van der Waals surface area contributed by atoms with E-state index in [1.807, 2.05) is 0 Å². The smallest absolute Gasteiger partial charge is 0.511 e. The monoisotopic (exact) mass is 198 g/mol. The van der Waals surface area contributed by atoms with Gasteiger partial charge in [-0.2, -0.15) is 0 Å². The predicted molar refractivity (Wildman–Crippen MR) is 20.8 cm³/mol. The molecule has 0 amide bonds. The molecule has 6 heavy (non-hydrogen) atoms. The zero-order valence-corrected chi connectivity index (χ0v) is 5.76. The molecule has 0 saturated carbocycles. The van der Waals surface area contributed by atoms with E-state index in [0.29, 0.717) is 0 Å². The van der Waals surface area contributed by atoms with Crippen LogP contribution in [0.1, 0.15) is 0 Å². The van der Waals surface area contributed by atoms with Crippen LogP contribution in [0, 0.1) is 0 Å². The molecule has 0 atom stereocenters. The van der Waals surface area contributed by atoms with Crippen molar-refractivity contribution in [1.29, 1.82) is 0 Å². The first-order valence-corrected chi connectivity index (χ1v) is 1.95. The Hall–Kier alpha value is 1.03.